The van der Waals surface area contributed by atoms with E-state index in [9.17, 15) is 4.39 Å². The summed E-state index contributed by atoms with van der Waals surface area (Å²) in [6.45, 7) is 5.43. The summed E-state index contributed by atoms with van der Waals surface area (Å²) in [6, 6.07) is 12.7. The molecule has 0 aliphatic rings. The fourth-order valence-corrected chi connectivity index (χ4v) is 2.43. The number of nitrogens with two attached hydrogens (primary N) is 1. The minimum Gasteiger partial charge on any atom is -0.389 e. The predicted octanol–water partition coefficient (Wildman–Crippen LogP) is 3.79. The Morgan fingerprint density at radius 3 is 2.52 bits per heavy atom. The molecule has 0 saturated carbocycles. The van der Waals surface area contributed by atoms with E-state index in [4.69, 9.17) is 18.0 Å². The number of hydrogen-bond donors (Lipinski definition) is 1. The Bertz CT molecular complexity index is 655. The van der Waals surface area contributed by atoms with Crippen molar-refractivity contribution in [3.8, 4) is 0 Å². The van der Waals surface area contributed by atoms with Crippen molar-refractivity contribution in [2.45, 2.75) is 20.4 Å². The van der Waals surface area contributed by atoms with E-state index >= 15 is 0 Å². The summed E-state index contributed by atoms with van der Waals surface area (Å²) in [5.74, 6) is -0.197. The van der Waals surface area contributed by atoms with Crippen LogP contribution in [0.1, 0.15) is 23.6 Å². The molecular weight excluding hydrogens is 283 g/mol. The van der Waals surface area contributed by atoms with Crippen molar-refractivity contribution in [2.75, 3.05) is 11.4 Å². The maximum atomic E-state index is 13.9. The molecule has 0 aliphatic heterocycles. The van der Waals surface area contributed by atoms with E-state index in [1.807, 2.05) is 43.0 Å². The predicted molar refractivity (Wildman–Crippen MR) is 90.2 cm³/mol. The van der Waals surface area contributed by atoms with Gasteiger partial charge in [0.2, 0.25) is 0 Å². The normalized spacial score (nSPS) is 10.4. The van der Waals surface area contributed by atoms with E-state index in [1.54, 1.807) is 12.1 Å². The van der Waals surface area contributed by atoms with Gasteiger partial charge in [0.15, 0.2) is 0 Å². The number of hydrogen-bond acceptors (Lipinski definition) is 2. The van der Waals surface area contributed by atoms with E-state index in [-0.39, 0.29) is 5.82 Å². The molecule has 0 aliphatic carbocycles. The SMILES string of the molecule is CCN(Cc1ccc(C(N)=S)cc1C)c1ccccc1F. The summed E-state index contributed by atoms with van der Waals surface area (Å²) in [6.07, 6.45) is 0. The van der Waals surface area contributed by atoms with Crippen LogP contribution in [0, 0.1) is 12.7 Å². The number of halogens is 1. The number of nitrogens with zero attached hydrogens (tertiary/aromatic N) is 1. The Labute approximate surface area is 130 Å². The molecule has 0 radical (unpaired) electrons. The number of anilines is 1. The highest BCUT2D eigenvalue weighted by Gasteiger charge is 2.11. The van der Waals surface area contributed by atoms with Crippen molar-refractivity contribution < 1.29 is 4.39 Å². The molecule has 0 atom stereocenters. The zero-order valence-electron chi connectivity index (χ0n) is 12.3. The second-order valence-corrected chi connectivity index (χ2v) is 5.41. The fraction of sp³-hybridized carbons (Fsp3) is 0.235. The molecule has 0 spiro atoms. The summed E-state index contributed by atoms with van der Waals surface area (Å²) in [5, 5.41) is 0. The van der Waals surface area contributed by atoms with Gasteiger partial charge in [0.1, 0.15) is 10.8 Å². The highest BCUT2D eigenvalue weighted by atomic mass is 32.1. The summed E-state index contributed by atoms with van der Waals surface area (Å²) >= 11 is 4.99. The second-order valence-electron chi connectivity index (χ2n) is 4.97. The Morgan fingerprint density at radius 1 is 1.24 bits per heavy atom. The molecule has 0 saturated heterocycles. The van der Waals surface area contributed by atoms with Crippen LogP contribution in [-0.2, 0) is 6.54 Å². The lowest BCUT2D eigenvalue weighted by atomic mass is 10.0. The van der Waals surface area contributed by atoms with Gasteiger partial charge in [-0.05, 0) is 43.2 Å². The molecule has 0 unspecified atom stereocenters. The maximum Gasteiger partial charge on any atom is 0.146 e. The molecule has 0 heterocycles. The van der Waals surface area contributed by atoms with Crippen LogP contribution in [0.5, 0.6) is 0 Å². The van der Waals surface area contributed by atoms with Gasteiger partial charge < -0.3 is 10.6 Å². The molecule has 2 N–H and O–H groups in total. The zero-order chi connectivity index (χ0) is 15.4. The molecule has 2 aromatic carbocycles. The fourth-order valence-electron chi connectivity index (χ4n) is 2.31. The van der Waals surface area contributed by atoms with Gasteiger partial charge in [-0.25, -0.2) is 4.39 Å². The Morgan fingerprint density at radius 2 is 1.95 bits per heavy atom. The molecule has 0 fully saturated rings. The molecule has 4 heteroatoms. The Kier molecular flexibility index (Phi) is 4.91. The first-order valence-electron chi connectivity index (χ1n) is 6.91. The minimum atomic E-state index is -0.197. The van der Waals surface area contributed by atoms with Crippen LogP contribution in [0.15, 0.2) is 42.5 Å². The highest BCUT2D eigenvalue weighted by Crippen LogP contribution is 2.22. The van der Waals surface area contributed by atoms with Gasteiger partial charge in [0.05, 0.1) is 5.69 Å². The van der Waals surface area contributed by atoms with Gasteiger partial charge in [0, 0.05) is 18.7 Å². The van der Waals surface area contributed by atoms with Crippen LogP contribution in [0.3, 0.4) is 0 Å². The van der Waals surface area contributed by atoms with Gasteiger partial charge >= 0.3 is 0 Å². The second kappa shape index (κ2) is 6.68. The quantitative estimate of drug-likeness (QED) is 0.852. The monoisotopic (exact) mass is 302 g/mol. The van der Waals surface area contributed by atoms with Crippen molar-refractivity contribution in [1.29, 1.82) is 0 Å². The molecule has 0 bridgehead atoms. The summed E-state index contributed by atoms with van der Waals surface area (Å²) in [7, 11) is 0. The zero-order valence-corrected chi connectivity index (χ0v) is 13.1. The van der Waals surface area contributed by atoms with Crippen LogP contribution in [0.4, 0.5) is 10.1 Å². The van der Waals surface area contributed by atoms with E-state index in [0.717, 1.165) is 23.2 Å². The van der Waals surface area contributed by atoms with Gasteiger partial charge in [-0.3, -0.25) is 0 Å². The average Bonchev–Trinajstić information content (AvgIpc) is 2.47. The Hall–Kier alpha value is -1.94. The molecule has 2 rings (SSSR count). The van der Waals surface area contributed by atoms with Gasteiger partial charge in [-0.1, -0.05) is 36.5 Å². The average molecular weight is 302 g/mol. The number of benzene rings is 2. The first kappa shape index (κ1) is 15.4. The van der Waals surface area contributed by atoms with Crippen molar-refractivity contribution >= 4 is 22.9 Å². The van der Waals surface area contributed by atoms with Crippen LogP contribution in [0.25, 0.3) is 0 Å². The van der Waals surface area contributed by atoms with E-state index in [2.05, 4.69) is 0 Å². The van der Waals surface area contributed by atoms with Gasteiger partial charge in [0.25, 0.3) is 0 Å². The van der Waals surface area contributed by atoms with Crippen LogP contribution in [-0.4, -0.2) is 11.5 Å². The van der Waals surface area contributed by atoms with Crippen molar-refractivity contribution in [3.05, 3.63) is 65.0 Å². The third-order valence-electron chi connectivity index (χ3n) is 3.56. The lowest BCUT2D eigenvalue weighted by Gasteiger charge is -2.24. The lowest BCUT2D eigenvalue weighted by Crippen LogP contribution is -2.23. The summed E-state index contributed by atoms with van der Waals surface area (Å²) in [5.41, 5.74) is 9.37. The largest absolute Gasteiger partial charge is 0.389 e. The molecule has 2 nitrogen and oxygen atoms in total. The summed E-state index contributed by atoms with van der Waals surface area (Å²) < 4.78 is 13.9. The van der Waals surface area contributed by atoms with Gasteiger partial charge in [-0.2, -0.15) is 0 Å². The van der Waals surface area contributed by atoms with Gasteiger partial charge in [-0.15, -0.1) is 0 Å². The first-order chi connectivity index (χ1) is 10.0. The lowest BCUT2D eigenvalue weighted by molar-refractivity contribution is 0.617. The smallest absolute Gasteiger partial charge is 0.146 e. The number of rotatable bonds is 5. The van der Waals surface area contributed by atoms with Crippen molar-refractivity contribution in [3.63, 3.8) is 0 Å². The molecular formula is C17H19FN2S. The molecule has 0 amide bonds. The first-order valence-corrected chi connectivity index (χ1v) is 7.32. The Balaban J connectivity index is 2.27. The molecule has 2 aromatic rings. The number of aryl methyl sites for hydroxylation is 1. The van der Waals surface area contributed by atoms with E-state index in [1.165, 1.54) is 6.07 Å². The molecule has 0 aromatic heterocycles. The van der Waals surface area contributed by atoms with Crippen molar-refractivity contribution in [1.82, 2.24) is 0 Å². The standard InChI is InChI=1S/C17H19FN2S/c1-3-20(16-7-5-4-6-15(16)18)11-14-9-8-13(17(19)21)10-12(14)2/h4-10H,3,11H2,1-2H3,(H2,19,21). The number of para-hydroxylation sites is 1. The topological polar surface area (TPSA) is 29.3 Å². The molecule has 21 heavy (non-hydrogen) atoms. The molecule has 110 valence electrons. The summed E-state index contributed by atoms with van der Waals surface area (Å²) in [4.78, 5) is 2.41. The van der Waals surface area contributed by atoms with Crippen molar-refractivity contribution in [2.24, 2.45) is 5.73 Å². The minimum absolute atomic E-state index is 0.197. The van der Waals surface area contributed by atoms with E-state index in [0.29, 0.717) is 17.2 Å². The van der Waals surface area contributed by atoms with Crippen LogP contribution in [0.2, 0.25) is 0 Å². The van der Waals surface area contributed by atoms with E-state index < -0.39 is 0 Å². The van der Waals surface area contributed by atoms with Crippen LogP contribution < -0.4 is 10.6 Å². The highest BCUT2D eigenvalue weighted by molar-refractivity contribution is 7.80. The maximum absolute atomic E-state index is 13.9. The third-order valence-corrected chi connectivity index (χ3v) is 3.80. The van der Waals surface area contributed by atoms with Crippen LogP contribution >= 0.6 is 12.2 Å². The number of thiocarbonyl (C=S) groups is 1. The third kappa shape index (κ3) is 3.58.